The molecule has 2 rings (SSSR count). The summed E-state index contributed by atoms with van der Waals surface area (Å²) >= 11 is 0. The Bertz CT molecular complexity index is 666. The maximum Gasteiger partial charge on any atom is 0.329 e. The Morgan fingerprint density at radius 3 is 2.45 bits per heavy atom. The van der Waals surface area contributed by atoms with Crippen LogP contribution < -0.4 is 10.7 Å². The number of carbonyl (C=O) groups is 2. The zero-order valence-electron chi connectivity index (χ0n) is 12.1. The van der Waals surface area contributed by atoms with Crippen LogP contribution in [0.3, 0.4) is 0 Å². The van der Waals surface area contributed by atoms with Gasteiger partial charge in [-0.15, -0.1) is 0 Å². The molecule has 0 aliphatic carbocycles. The zero-order valence-corrected chi connectivity index (χ0v) is 12.1. The summed E-state index contributed by atoms with van der Waals surface area (Å²) in [5.74, 6) is -1.55. The zero-order chi connectivity index (χ0) is 15.8. The summed E-state index contributed by atoms with van der Waals surface area (Å²) in [5, 5.41) is 6.25. The van der Waals surface area contributed by atoms with Gasteiger partial charge in [0.1, 0.15) is 0 Å². The molecule has 1 aromatic carbocycles. The predicted octanol–water partition coefficient (Wildman–Crippen LogP) is 1.16. The third kappa shape index (κ3) is 4.82. The van der Waals surface area contributed by atoms with Gasteiger partial charge in [-0.2, -0.15) is 5.10 Å². The monoisotopic (exact) mass is 296 g/mol. The number of carbonyl (C=O) groups excluding carboxylic acids is 2. The minimum atomic E-state index is -0.808. The average molecular weight is 296 g/mol. The van der Waals surface area contributed by atoms with Crippen LogP contribution in [-0.4, -0.2) is 23.0 Å². The summed E-state index contributed by atoms with van der Waals surface area (Å²) in [6.07, 6.45) is 4.72. The van der Waals surface area contributed by atoms with Crippen molar-refractivity contribution in [2.75, 3.05) is 0 Å². The van der Waals surface area contributed by atoms with Crippen molar-refractivity contribution in [2.45, 2.75) is 13.5 Å². The van der Waals surface area contributed by atoms with Crippen molar-refractivity contribution >= 4 is 18.0 Å². The maximum atomic E-state index is 11.6. The molecule has 22 heavy (non-hydrogen) atoms. The molecule has 1 aromatic heterocycles. The number of hydrogen-bond acceptors (Lipinski definition) is 4. The molecule has 1 heterocycles. The fourth-order valence-corrected chi connectivity index (χ4v) is 1.63. The first-order chi connectivity index (χ1) is 10.6. The molecule has 0 radical (unpaired) electrons. The first kappa shape index (κ1) is 15.4. The van der Waals surface area contributed by atoms with E-state index < -0.39 is 11.8 Å². The molecule has 0 bridgehead atoms. The van der Waals surface area contributed by atoms with E-state index in [0.717, 1.165) is 16.7 Å². The van der Waals surface area contributed by atoms with Crippen LogP contribution in [-0.2, 0) is 16.1 Å². The summed E-state index contributed by atoms with van der Waals surface area (Å²) in [7, 11) is 0. The molecule has 0 aliphatic rings. The molecule has 0 unspecified atom stereocenters. The fraction of sp³-hybridized carbons (Fsp3) is 0.125. The van der Waals surface area contributed by atoms with Gasteiger partial charge in [0.2, 0.25) is 0 Å². The number of nitrogens with one attached hydrogen (secondary N) is 2. The number of benzene rings is 1. The molecule has 112 valence electrons. The van der Waals surface area contributed by atoms with Gasteiger partial charge in [-0.25, -0.2) is 5.43 Å². The Labute approximate surface area is 128 Å². The summed E-state index contributed by atoms with van der Waals surface area (Å²) in [5.41, 5.74) is 5.02. The molecular formula is C16H16N4O2. The molecule has 2 N–H and O–H groups in total. The van der Waals surface area contributed by atoms with Crippen molar-refractivity contribution in [3.63, 3.8) is 0 Å². The van der Waals surface area contributed by atoms with Gasteiger partial charge < -0.3 is 5.32 Å². The van der Waals surface area contributed by atoms with Crippen molar-refractivity contribution in [2.24, 2.45) is 5.10 Å². The van der Waals surface area contributed by atoms with Gasteiger partial charge in [0.05, 0.1) is 6.21 Å². The molecule has 2 amide bonds. The largest absolute Gasteiger partial charge is 0.344 e. The Morgan fingerprint density at radius 2 is 1.77 bits per heavy atom. The SMILES string of the molecule is Cc1ccc(/C=N/NC(=O)C(=O)NCc2ccncc2)cc1. The van der Waals surface area contributed by atoms with E-state index >= 15 is 0 Å². The van der Waals surface area contributed by atoms with Crippen LogP contribution in [0.5, 0.6) is 0 Å². The minimum Gasteiger partial charge on any atom is -0.344 e. The number of amides is 2. The van der Waals surface area contributed by atoms with E-state index in [4.69, 9.17) is 0 Å². The Hall–Kier alpha value is -3.02. The standard InChI is InChI=1S/C16H16N4O2/c1-12-2-4-13(5-3-12)11-19-20-16(22)15(21)18-10-14-6-8-17-9-7-14/h2-9,11H,10H2,1H3,(H,18,21)(H,20,22)/b19-11+. The van der Waals surface area contributed by atoms with Gasteiger partial charge in [-0.1, -0.05) is 29.8 Å². The van der Waals surface area contributed by atoms with Gasteiger partial charge in [0, 0.05) is 18.9 Å². The highest BCUT2D eigenvalue weighted by atomic mass is 16.2. The van der Waals surface area contributed by atoms with Gasteiger partial charge in [-0.05, 0) is 30.2 Å². The van der Waals surface area contributed by atoms with Crippen LogP contribution in [0.2, 0.25) is 0 Å². The van der Waals surface area contributed by atoms with Crippen molar-refractivity contribution in [1.82, 2.24) is 15.7 Å². The lowest BCUT2D eigenvalue weighted by atomic mass is 10.2. The normalized spacial score (nSPS) is 10.4. The van der Waals surface area contributed by atoms with E-state index in [1.54, 1.807) is 24.5 Å². The van der Waals surface area contributed by atoms with E-state index in [1.807, 2.05) is 31.2 Å². The number of aryl methyl sites for hydroxylation is 1. The van der Waals surface area contributed by atoms with Crippen molar-refractivity contribution in [3.8, 4) is 0 Å². The lowest BCUT2D eigenvalue weighted by molar-refractivity contribution is -0.139. The molecular weight excluding hydrogens is 280 g/mol. The van der Waals surface area contributed by atoms with Crippen LogP contribution in [0, 0.1) is 6.92 Å². The Balaban J connectivity index is 1.79. The number of rotatable bonds is 4. The predicted molar refractivity (Wildman–Crippen MR) is 83.0 cm³/mol. The van der Waals surface area contributed by atoms with Crippen LogP contribution in [0.4, 0.5) is 0 Å². The van der Waals surface area contributed by atoms with E-state index in [0.29, 0.717) is 0 Å². The van der Waals surface area contributed by atoms with Crippen LogP contribution >= 0.6 is 0 Å². The minimum absolute atomic E-state index is 0.260. The second kappa shape index (κ2) is 7.68. The van der Waals surface area contributed by atoms with Gasteiger partial charge in [-0.3, -0.25) is 14.6 Å². The van der Waals surface area contributed by atoms with Gasteiger partial charge in [0.25, 0.3) is 0 Å². The topological polar surface area (TPSA) is 83.5 Å². The number of hydrogen-bond donors (Lipinski definition) is 2. The molecule has 0 saturated heterocycles. The lowest BCUT2D eigenvalue weighted by Crippen LogP contribution is -2.37. The highest BCUT2D eigenvalue weighted by molar-refractivity contribution is 6.35. The third-order valence-electron chi connectivity index (χ3n) is 2.87. The van der Waals surface area contributed by atoms with E-state index in [1.165, 1.54) is 6.21 Å². The molecule has 6 nitrogen and oxygen atoms in total. The molecule has 2 aromatic rings. The van der Waals surface area contributed by atoms with Gasteiger partial charge >= 0.3 is 11.8 Å². The van der Waals surface area contributed by atoms with Crippen molar-refractivity contribution in [3.05, 3.63) is 65.5 Å². The van der Waals surface area contributed by atoms with Crippen LogP contribution in [0.15, 0.2) is 53.9 Å². The number of aromatic nitrogens is 1. The number of nitrogens with zero attached hydrogens (tertiary/aromatic N) is 2. The molecule has 0 spiro atoms. The summed E-state index contributed by atoms with van der Waals surface area (Å²) in [6.45, 7) is 2.24. The highest BCUT2D eigenvalue weighted by Gasteiger charge is 2.11. The fourth-order valence-electron chi connectivity index (χ4n) is 1.63. The molecule has 0 saturated carbocycles. The van der Waals surface area contributed by atoms with Gasteiger partial charge in [0.15, 0.2) is 0 Å². The summed E-state index contributed by atoms with van der Waals surface area (Å²) in [4.78, 5) is 27.0. The molecule has 6 heteroatoms. The van der Waals surface area contributed by atoms with Crippen molar-refractivity contribution < 1.29 is 9.59 Å². The lowest BCUT2D eigenvalue weighted by Gasteiger charge is -2.03. The van der Waals surface area contributed by atoms with E-state index in [-0.39, 0.29) is 6.54 Å². The second-order valence-electron chi connectivity index (χ2n) is 4.65. The molecule has 0 aliphatic heterocycles. The molecule has 0 fully saturated rings. The van der Waals surface area contributed by atoms with E-state index in [9.17, 15) is 9.59 Å². The number of pyridine rings is 1. The van der Waals surface area contributed by atoms with Crippen LogP contribution in [0.1, 0.15) is 16.7 Å². The third-order valence-corrected chi connectivity index (χ3v) is 2.87. The number of hydrazone groups is 1. The summed E-state index contributed by atoms with van der Waals surface area (Å²) in [6, 6.07) is 11.1. The van der Waals surface area contributed by atoms with E-state index in [2.05, 4.69) is 20.8 Å². The highest BCUT2D eigenvalue weighted by Crippen LogP contribution is 1.99. The van der Waals surface area contributed by atoms with Crippen molar-refractivity contribution in [1.29, 1.82) is 0 Å². The Kier molecular flexibility index (Phi) is 5.37. The maximum absolute atomic E-state index is 11.6. The molecule has 0 atom stereocenters. The first-order valence-electron chi connectivity index (χ1n) is 6.72. The smallest absolute Gasteiger partial charge is 0.329 e. The quantitative estimate of drug-likeness (QED) is 0.504. The Morgan fingerprint density at radius 1 is 1.09 bits per heavy atom. The second-order valence-corrected chi connectivity index (χ2v) is 4.65. The average Bonchev–Trinajstić information content (AvgIpc) is 2.55. The van der Waals surface area contributed by atoms with Crippen LogP contribution in [0.25, 0.3) is 0 Å². The summed E-state index contributed by atoms with van der Waals surface area (Å²) < 4.78 is 0. The first-order valence-corrected chi connectivity index (χ1v) is 6.72.